The Morgan fingerprint density at radius 1 is 1.00 bits per heavy atom. The number of rotatable bonds is 3. The molecule has 0 aliphatic heterocycles. The van der Waals surface area contributed by atoms with Crippen LogP contribution in [0.1, 0.15) is 37.4 Å². The molecule has 0 heterocycles. The molecule has 102 valence electrons. The maximum atomic E-state index is 12.1. The van der Waals surface area contributed by atoms with Crippen molar-refractivity contribution in [3.8, 4) is 5.75 Å². The lowest BCUT2D eigenvalue weighted by atomic mass is 10.1. The van der Waals surface area contributed by atoms with Crippen LogP contribution in [0.25, 0.3) is 0 Å². The summed E-state index contributed by atoms with van der Waals surface area (Å²) in [5.41, 5.74) is 3.72. The van der Waals surface area contributed by atoms with Gasteiger partial charge in [0.2, 0.25) is 0 Å². The molecule has 20 heavy (non-hydrogen) atoms. The van der Waals surface area contributed by atoms with Gasteiger partial charge in [-0.15, -0.1) is 0 Å². The van der Waals surface area contributed by atoms with Gasteiger partial charge in [0.15, 0.2) is 0 Å². The van der Waals surface area contributed by atoms with Gasteiger partial charge in [-0.1, -0.05) is 17.7 Å². The van der Waals surface area contributed by atoms with Crippen molar-refractivity contribution in [2.45, 2.75) is 20.8 Å². The molecule has 3 nitrogen and oxygen atoms in total. The van der Waals surface area contributed by atoms with Crippen LogP contribution >= 0.6 is 0 Å². The average molecular weight is 268 g/mol. The number of carbonyl (C=O) groups is 2. The second-order valence-electron chi connectivity index (χ2n) is 4.86. The summed E-state index contributed by atoms with van der Waals surface area (Å²) in [6.45, 7) is 5.59. The Bertz CT molecular complexity index is 631. The zero-order valence-corrected chi connectivity index (χ0v) is 11.8. The van der Waals surface area contributed by atoms with Crippen molar-refractivity contribution in [1.29, 1.82) is 0 Å². The third kappa shape index (κ3) is 2.94. The summed E-state index contributed by atoms with van der Waals surface area (Å²) >= 11 is 0. The highest BCUT2D eigenvalue weighted by molar-refractivity contribution is 5.91. The Balaban J connectivity index is 2.28. The average Bonchev–Trinajstić information content (AvgIpc) is 2.43. The van der Waals surface area contributed by atoms with Gasteiger partial charge < -0.3 is 4.74 Å². The van der Waals surface area contributed by atoms with Crippen LogP contribution in [0, 0.1) is 20.8 Å². The molecule has 0 aliphatic carbocycles. The summed E-state index contributed by atoms with van der Waals surface area (Å²) < 4.78 is 5.45. The minimum absolute atomic E-state index is 0.393. The molecule has 0 N–H and O–H groups in total. The number of ether oxygens (including phenoxy) is 1. The lowest BCUT2D eigenvalue weighted by Crippen LogP contribution is -2.10. The summed E-state index contributed by atoms with van der Waals surface area (Å²) in [6, 6.07) is 10.6. The molecule has 0 saturated carbocycles. The standard InChI is InChI=1S/C17H16O3/c1-11-4-6-15(7-5-11)17(19)20-16-12(2)8-14(10-18)9-13(16)3/h4-10H,1-3H3. The van der Waals surface area contributed by atoms with E-state index >= 15 is 0 Å². The highest BCUT2D eigenvalue weighted by Crippen LogP contribution is 2.25. The molecule has 0 bridgehead atoms. The minimum atomic E-state index is -0.393. The van der Waals surface area contributed by atoms with Crippen molar-refractivity contribution in [2.75, 3.05) is 0 Å². The molecule has 0 amide bonds. The van der Waals surface area contributed by atoms with Gasteiger partial charge >= 0.3 is 5.97 Å². The normalized spacial score (nSPS) is 10.2. The summed E-state index contributed by atoms with van der Waals surface area (Å²) in [5, 5.41) is 0. The Morgan fingerprint density at radius 2 is 1.55 bits per heavy atom. The molecular formula is C17H16O3. The van der Waals surface area contributed by atoms with Crippen molar-refractivity contribution < 1.29 is 14.3 Å². The second kappa shape index (κ2) is 5.70. The van der Waals surface area contributed by atoms with Crippen LogP contribution in [-0.4, -0.2) is 12.3 Å². The molecule has 0 fully saturated rings. The molecule has 3 heteroatoms. The largest absolute Gasteiger partial charge is 0.422 e. The topological polar surface area (TPSA) is 43.4 Å². The number of esters is 1. The van der Waals surface area contributed by atoms with Crippen LogP contribution in [0.4, 0.5) is 0 Å². The fourth-order valence-electron chi connectivity index (χ4n) is 2.05. The van der Waals surface area contributed by atoms with Gasteiger partial charge in [-0.3, -0.25) is 4.79 Å². The molecule has 0 unspecified atom stereocenters. The summed E-state index contributed by atoms with van der Waals surface area (Å²) in [7, 11) is 0. The van der Waals surface area contributed by atoms with E-state index in [2.05, 4.69) is 0 Å². The molecule has 0 spiro atoms. The van der Waals surface area contributed by atoms with Crippen LogP contribution in [0.3, 0.4) is 0 Å². The van der Waals surface area contributed by atoms with Crippen LogP contribution < -0.4 is 4.74 Å². The van der Waals surface area contributed by atoms with Gasteiger partial charge in [-0.05, 0) is 56.2 Å². The summed E-state index contributed by atoms with van der Waals surface area (Å²) in [6.07, 6.45) is 0.783. The Morgan fingerprint density at radius 3 is 2.05 bits per heavy atom. The van der Waals surface area contributed by atoms with Crippen LogP contribution in [0.5, 0.6) is 5.75 Å². The molecule has 2 aromatic carbocycles. The fourth-order valence-corrected chi connectivity index (χ4v) is 2.05. The highest BCUT2D eigenvalue weighted by atomic mass is 16.5. The maximum absolute atomic E-state index is 12.1. The first-order chi connectivity index (χ1) is 9.51. The number of hydrogen-bond acceptors (Lipinski definition) is 3. The predicted molar refractivity (Wildman–Crippen MR) is 77.4 cm³/mol. The Hall–Kier alpha value is -2.42. The number of aryl methyl sites for hydroxylation is 3. The molecule has 0 aromatic heterocycles. The number of hydrogen-bond donors (Lipinski definition) is 0. The van der Waals surface area contributed by atoms with Crippen molar-refractivity contribution >= 4 is 12.3 Å². The van der Waals surface area contributed by atoms with Gasteiger partial charge in [0.05, 0.1) is 5.56 Å². The van der Waals surface area contributed by atoms with Crippen molar-refractivity contribution in [3.05, 3.63) is 64.2 Å². The minimum Gasteiger partial charge on any atom is -0.422 e. The molecule has 2 aromatic rings. The third-order valence-electron chi connectivity index (χ3n) is 3.10. The van der Waals surface area contributed by atoms with Crippen molar-refractivity contribution in [2.24, 2.45) is 0 Å². The van der Waals surface area contributed by atoms with Gasteiger partial charge in [0.25, 0.3) is 0 Å². The second-order valence-corrected chi connectivity index (χ2v) is 4.86. The number of aldehydes is 1. The van der Waals surface area contributed by atoms with E-state index in [1.807, 2.05) is 32.9 Å². The zero-order valence-electron chi connectivity index (χ0n) is 11.8. The Kier molecular flexibility index (Phi) is 3.99. The van der Waals surface area contributed by atoms with Gasteiger partial charge in [0, 0.05) is 5.56 Å². The van der Waals surface area contributed by atoms with E-state index in [9.17, 15) is 9.59 Å². The van der Waals surface area contributed by atoms with E-state index in [1.165, 1.54) is 0 Å². The summed E-state index contributed by atoms with van der Waals surface area (Å²) in [4.78, 5) is 22.9. The summed E-state index contributed by atoms with van der Waals surface area (Å²) in [5.74, 6) is 0.122. The third-order valence-corrected chi connectivity index (χ3v) is 3.10. The number of carbonyl (C=O) groups excluding carboxylic acids is 2. The highest BCUT2D eigenvalue weighted by Gasteiger charge is 2.13. The quantitative estimate of drug-likeness (QED) is 0.485. The Labute approximate surface area is 118 Å². The maximum Gasteiger partial charge on any atom is 0.343 e. The van der Waals surface area contributed by atoms with Crippen molar-refractivity contribution in [3.63, 3.8) is 0 Å². The van der Waals surface area contributed by atoms with E-state index in [-0.39, 0.29) is 0 Å². The van der Waals surface area contributed by atoms with Crippen LogP contribution in [0.15, 0.2) is 36.4 Å². The smallest absolute Gasteiger partial charge is 0.343 e. The first-order valence-electron chi connectivity index (χ1n) is 6.36. The molecular weight excluding hydrogens is 252 g/mol. The van der Waals surface area contributed by atoms with Gasteiger partial charge in [-0.2, -0.15) is 0 Å². The van der Waals surface area contributed by atoms with E-state index < -0.39 is 5.97 Å². The fraction of sp³-hybridized carbons (Fsp3) is 0.176. The molecule has 0 atom stereocenters. The van der Waals surface area contributed by atoms with Crippen LogP contribution in [-0.2, 0) is 0 Å². The molecule has 0 saturated heterocycles. The number of benzene rings is 2. The van der Waals surface area contributed by atoms with E-state index in [1.54, 1.807) is 24.3 Å². The van der Waals surface area contributed by atoms with E-state index in [0.29, 0.717) is 16.9 Å². The first-order valence-corrected chi connectivity index (χ1v) is 6.36. The van der Waals surface area contributed by atoms with E-state index in [0.717, 1.165) is 23.0 Å². The van der Waals surface area contributed by atoms with Gasteiger partial charge in [0.1, 0.15) is 12.0 Å². The monoisotopic (exact) mass is 268 g/mol. The van der Waals surface area contributed by atoms with Gasteiger partial charge in [-0.25, -0.2) is 4.79 Å². The molecule has 0 radical (unpaired) electrons. The predicted octanol–water partition coefficient (Wildman–Crippen LogP) is 3.64. The zero-order chi connectivity index (χ0) is 14.7. The lowest BCUT2D eigenvalue weighted by molar-refractivity contribution is 0.0732. The molecule has 0 aliphatic rings. The van der Waals surface area contributed by atoms with Crippen molar-refractivity contribution in [1.82, 2.24) is 0 Å². The van der Waals surface area contributed by atoms with E-state index in [4.69, 9.17) is 4.74 Å². The SMILES string of the molecule is Cc1ccc(C(=O)Oc2c(C)cc(C=O)cc2C)cc1. The molecule has 2 rings (SSSR count). The first kappa shape index (κ1) is 14.0. The van der Waals surface area contributed by atoms with Crippen LogP contribution in [0.2, 0.25) is 0 Å². The lowest BCUT2D eigenvalue weighted by Gasteiger charge is -2.11.